The van der Waals surface area contributed by atoms with Crippen molar-refractivity contribution in [2.45, 2.75) is 0 Å². The molecule has 0 aliphatic heterocycles. The van der Waals surface area contributed by atoms with E-state index in [1.54, 1.807) is 11.3 Å². The molecule has 2 aromatic heterocycles. The molecule has 0 saturated heterocycles. The van der Waals surface area contributed by atoms with Crippen LogP contribution in [0.5, 0.6) is 0 Å². The van der Waals surface area contributed by atoms with E-state index in [4.69, 9.17) is 5.73 Å². The molecule has 0 aliphatic carbocycles. The number of rotatable bonds is 2. The van der Waals surface area contributed by atoms with Crippen LogP contribution in [-0.4, -0.2) is 9.97 Å². The van der Waals surface area contributed by atoms with E-state index in [1.165, 1.54) is 6.20 Å². The Bertz CT molecular complexity index is 762. The van der Waals surface area contributed by atoms with Gasteiger partial charge in [0, 0.05) is 16.0 Å². The highest BCUT2D eigenvalue weighted by atomic mass is 32.1. The molecule has 3 rings (SSSR count). The molecule has 0 atom stereocenters. The lowest BCUT2D eigenvalue weighted by molar-refractivity contribution is 1.09. The fraction of sp³-hybridized carbons (Fsp3) is 0. The first-order valence-electron chi connectivity index (χ1n) is 5.74. The van der Waals surface area contributed by atoms with Gasteiger partial charge in [0.25, 0.3) is 0 Å². The maximum absolute atomic E-state index is 11.1. The fourth-order valence-electron chi connectivity index (χ4n) is 1.84. The van der Waals surface area contributed by atoms with Crippen LogP contribution in [0, 0.1) is 0 Å². The smallest absolute Gasteiger partial charge is 0.346 e. The second-order valence-electron chi connectivity index (χ2n) is 4.05. The summed E-state index contributed by atoms with van der Waals surface area (Å²) in [6.07, 6.45) is 1.51. The minimum absolute atomic E-state index is 0.349. The van der Waals surface area contributed by atoms with Gasteiger partial charge in [-0.2, -0.15) is 0 Å². The Labute approximate surface area is 113 Å². The number of hydrogen-bond acceptors (Lipinski definition) is 4. The van der Waals surface area contributed by atoms with Gasteiger partial charge in [0.05, 0.1) is 5.56 Å². The number of benzene rings is 1. The standard InChI is InChI=1S/C14H11N3OS/c15-13-10(8-16-14(18)17-13)12-7-6-11(19-12)9-4-2-1-3-5-9/h1-8H,(H3,15,16,17,18). The molecule has 0 fully saturated rings. The molecule has 0 aliphatic rings. The van der Waals surface area contributed by atoms with Crippen LogP contribution >= 0.6 is 11.3 Å². The molecule has 3 aromatic rings. The zero-order valence-electron chi connectivity index (χ0n) is 9.96. The van der Waals surface area contributed by atoms with Gasteiger partial charge in [0.15, 0.2) is 0 Å². The predicted molar refractivity (Wildman–Crippen MR) is 78.0 cm³/mol. The molecule has 1 aromatic carbocycles. The number of aromatic amines is 1. The Morgan fingerprint density at radius 2 is 1.79 bits per heavy atom. The van der Waals surface area contributed by atoms with Crippen LogP contribution in [0.2, 0.25) is 0 Å². The third-order valence-electron chi connectivity index (χ3n) is 2.77. The van der Waals surface area contributed by atoms with Gasteiger partial charge >= 0.3 is 5.69 Å². The van der Waals surface area contributed by atoms with E-state index >= 15 is 0 Å². The summed E-state index contributed by atoms with van der Waals surface area (Å²) in [5.74, 6) is 0.349. The molecule has 0 unspecified atom stereocenters. The minimum atomic E-state index is -0.430. The zero-order valence-corrected chi connectivity index (χ0v) is 10.8. The highest BCUT2D eigenvalue weighted by molar-refractivity contribution is 7.18. The van der Waals surface area contributed by atoms with Crippen molar-refractivity contribution in [1.29, 1.82) is 0 Å². The third kappa shape index (κ3) is 2.28. The van der Waals surface area contributed by atoms with Crippen LogP contribution < -0.4 is 11.4 Å². The molecule has 4 nitrogen and oxygen atoms in total. The number of hydrogen-bond donors (Lipinski definition) is 2. The summed E-state index contributed by atoms with van der Waals surface area (Å²) in [5, 5.41) is 0. The van der Waals surface area contributed by atoms with Gasteiger partial charge < -0.3 is 5.73 Å². The molecular formula is C14H11N3OS. The van der Waals surface area contributed by atoms with Gasteiger partial charge in [0.1, 0.15) is 5.82 Å². The van der Waals surface area contributed by atoms with Crippen LogP contribution in [0.25, 0.3) is 20.9 Å². The number of aromatic nitrogens is 2. The summed E-state index contributed by atoms with van der Waals surface area (Å²) in [4.78, 5) is 19.4. The first-order valence-corrected chi connectivity index (χ1v) is 6.56. The molecule has 0 saturated carbocycles. The van der Waals surface area contributed by atoms with E-state index < -0.39 is 5.69 Å². The van der Waals surface area contributed by atoms with E-state index in [-0.39, 0.29) is 0 Å². The van der Waals surface area contributed by atoms with E-state index in [0.29, 0.717) is 5.82 Å². The molecule has 3 N–H and O–H groups in total. The van der Waals surface area contributed by atoms with Crippen molar-refractivity contribution in [3.8, 4) is 20.9 Å². The van der Waals surface area contributed by atoms with Crippen LogP contribution in [0.15, 0.2) is 53.5 Å². The van der Waals surface area contributed by atoms with E-state index in [9.17, 15) is 4.79 Å². The Morgan fingerprint density at radius 3 is 2.53 bits per heavy atom. The zero-order chi connectivity index (χ0) is 13.2. The Hall–Kier alpha value is -2.40. The predicted octanol–water partition coefficient (Wildman–Crippen LogP) is 2.75. The fourth-order valence-corrected chi connectivity index (χ4v) is 2.88. The summed E-state index contributed by atoms with van der Waals surface area (Å²) < 4.78 is 0. The highest BCUT2D eigenvalue weighted by Gasteiger charge is 2.08. The van der Waals surface area contributed by atoms with E-state index in [1.807, 2.05) is 30.3 Å². The Balaban J connectivity index is 2.04. The number of nitrogens with one attached hydrogen (secondary N) is 1. The van der Waals surface area contributed by atoms with Crippen LogP contribution in [0.3, 0.4) is 0 Å². The number of anilines is 1. The number of nitrogen functional groups attached to an aromatic ring is 1. The van der Waals surface area contributed by atoms with Gasteiger partial charge in [-0.3, -0.25) is 4.98 Å². The van der Waals surface area contributed by atoms with Crippen LogP contribution in [0.4, 0.5) is 5.82 Å². The van der Waals surface area contributed by atoms with Crippen molar-refractivity contribution in [3.63, 3.8) is 0 Å². The number of thiophene rings is 1. The Morgan fingerprint density at radius 1 is 1.05 bits per heavy atom. The molecule has 0 radical (unpaired) electrons. The van der Waals surface area contributed by atoms with Gasteiger partial charge in [-0.05, 0) is 17.7 Å². The van der Waals surface area contributed by atoms with Crippen molar-refractivity contribution in [3.05, 3.63) is 59.1 Å². The Kier molecular flexibility index (Phi) is 2.89. The first kappa shape index (κ1) is 11.7. The summed E-state index contributed by atoms with van der Waals surface area (Å²) >= 11 is 1.62. The lowest BCUT2D eigenvalue weighted by Crippen LogP contribution is -2.12. The number of nitrogens with zero attached hydrogens (tertiary/aromatic N) is 1. The summed E-state index contributed by atoms with van der Waals surface area (Å²) in [6.45, 7) is 0. The largest absolute Gasteiger partial charge is 0.385 e. The highest BCUT2D eigenvalue weighted by Crippen LogP contribution is 2.35. The van der Waals surface area contributed by atoms with Crippen molar-refractivity contribution in [1.82, 2.24) is 9.97 Å². The van der Waals surface area contributed by atoms with Gasteiger partial charge in [0.2, 0.25) is 0 Å². The minimum Gasteiger partial charge on any atom is -0.385 e. The molecule has 0 spiro atoms. The molecule has 19 heavy (non-hydrogen) atoms. The average Bonchev–Trinajstić information content (AvgIpc) is 2.89. The quantitative estimate of drug-likeness (QED) is 0.751. The second-order valence-corrected chi connectivity index (χ2v) is 5.13. The molecule has 0 amide bonds. The maximum Gasteiger partial charge on any atom is 0.346 e. The lowest BCUT2D eigenvalue weighted by Gasteiger charge is -2.00. The number of H-pyrrole nitrogens is 1. The topological polar surface area (TPSA) is 71.8 Å². The van der Waals surface area contributed by atoms with Crippen LogP contribution in [0.1, 0.15) is 0 Å². The molecular weight excluding hydrogens is 258 g/mol. The molecule has 2 heterocycles. The van der Waals surface area contributed by atoms with Crippen LogP contribution in [-0.2, 0) is 0 Å². The monoisotopic (exact) mass is 269 g/mol. The summed E-state index contributed by atoms with van der Waals surface area (Å²) in [7, 11) is 0. The SMILES string of the molecule is Nc1[nH]c(=O)ncc1-c1ccc(-c2ccccc2)s1. The normalized spacial score (nSPS) is 10.5. The van der Waals surface area contributed by atoms with Crippen molar-refractivity contribution >= 4 is 17.2 Å². The van der Waals surface area contributed by atoms with E-state index in [0.717, 1.165) is 20.9 Å². The molecule has 5 heteroatoms. The van der Waals surface area contributed by atoms with Crippen molar-refractivity contribution in [2.75, 3.05) is 5.73 Å². The maximum atomic E-state index is 11.1. The number of nitrogens with two attached hydrogens (primary N) is 1. The third-order valence-corrected chi connectivity index (χ3v) is 3.94. The van der Waals surface area contributed by atoms with Gasteiger partial charge in [-0.1, -0.05) is 30.3 Å². The lowest BCUT2D eigenvalue weighted by atomic mass is 10.2. The summed E-state index contributed by atoms with van der Waals surface area (Å²) in [5.41, 5.74) is 7.30. The first-order chi connectivity index (χ1) is 9.24. The van der Waals surface area contributed by atoms with Crippen molar-refractivity contribution in [2.24, 2.45) is 0 Å². The second kappa shape index (κ2) is 4.70. The van der Waals surface area contributed by atoms with Crippen molar-refractivity contribution < 1.29 is 0 Å². The molecule has 0 bridgehead atoms. The van der Waals surface area contributed by atoms with Gasteiger partial charge in [-0.15, -0.1) is 11.3 Å². The van der Waals surface area contributed by atoms with E-state index in [2.05, 4.69) is 22.1 Å². The summed E-state index contributed by atoms with van der Waals surface area (Å²) in [6, 6.07) is 14.1. The molecule has 94 valence electrons. The van der Waals surface area contributed by atoms with Gasteiger partial charge in [-0.25, -0.2) is 9.78 Å². The average molecular weight is 269 g/mol.